The van der Waals surface area contributed by atoms with Crippen molar-refractivity contribution in [2.45, 2.75) is 6.92 Å². The topological polar surface area (TPSA) is 68.5 Å². The van der Waals surface area contributed by atoms with Crippen LogP contribution in [0.4, 0.5) is 5.82 Å². The minimum Gasteiger partial charge on any atom is -0.465 e. The van der Waals surface area contributed by atoms with Crippen LogP contribution in [0, 0.1) is 0 Å². The van der Waals surface area contributed by atoms with Gasteiger partial charge in [-0.1, -0.05) is 6.07 Å². The number of carbonyl (C=O) groups is 1. The molecule has 6 nitrogen and oxygen atoms in total. The van der Waals surface area contributed by atoms with Gasteiger partial charge in [-0.05, 0) is 47.1 Å². The number of fused-ring (bicyclic) bond motifs is 1. The highest BCUT2D eigenvalue weighted by molar-refractivity contribution is 9.10. The number of esters is 1. The Morgan fingerprint density at radius 3 is 2.96 bits per heavy atom. The molecule has 3 aromatic rings. The molecule has 0 aliphatic heterocycles. The van der Waals surface area contributed by atoms with E-state index in [0.717, 1.165) is 15.8 Å². The third-order valence-electron chi connectivity index (χ3n) is 3.20. The van der Waals surface area contributed by atoms with Gasteiger partial charge in [-0.3, -0.25) is 14.2 Å². The van der Waals surface area contributed by atoms with Gasteiger partial charge in [0.15, 0.2) is 0 Å². The Balaban J connectivity index is 2.04. The van der Waals surface area contributed by atoms with Crippen LogP contribution in [0.25, 0.3) is 17.0 Å². The van der Waals surface area contributed by atoms with Crippen LogP contribution >= 0.6 is 15.9 Å². The van der Waals surface area contributed by atoms with E-state index in [1.807, 2.05) is 40.9 Å². The SMILES string of the molecule is CCOC(=O)CNc1c(-c2ccccn2)nc2ccc(Br)cn12. The van der Waals surface area contributed by atoms with Crippen LogP contribution in [0.1, 0.15) is 6.92 Å². The monoisotopic (exact) mass is 374 g/mol. The summed E-state index contributed by atoms with van der Waals surface area (Å²) in [6.45, 7) is 2.20. The number of hydrogen-bond acceptors (Lipinski definition) is 5. The third kappa shape index (κ3) is 3.34. The standard InChI is InChI=1S/C16H15BrN4O2/c1-2-23-14(22)9-19-16-15(12-5-3-4-8-18-12)20-13-7-6-11(17)10-21(13)16/h3-8,10,19H,2,9H2,1H3. The quantitative estimate of drug-likeness (QED) is 0.694. The van der Waals surface area contributed by atoms with Gasteiger partial charge in [-0.25, -0.2) is 4.98 Å². The van der Waals surface area contributed by atoms with E-state index in [1.54, 1.807) is 13.1 Å². The van der Waals surface area contributed by atoms with E-state index in [1.165, 1.54) is 0 Å². The molecule has 0 aliphatic carbocycles. The predicted molar refractivity (Wildman–Crippen MR) is 91.2 cm³/mol. The van der Waals surface area contributed by atoms with Crippen molar-refractivity contribution in [2.24, 2.45) is 0 Å². The van der Waals surface area contributed by atoms with Crippen molar-refractivity contribution in [1.82, 2.24) is 14.4 Å². The van der Waals surface area contributed by atoms with Gasteiger partial charge >= 0.3 is 5.97 Å². The Labute approximate surface area is 141 Å². The molecule has 0 spiro atoms. The van der Waals surface area contributed by atoms with Gasteiger partial charge < -0.3 is 10.1 Å². The van der Waals surface area contributed by atoms with Gasteiger partial charge in [0.2, 0.25) is 0 Å². The average molecular weight is 375 g/mol. The third-order valence-corrected chi connectivity index (χ3v) is 3.66. The normalized spacial score (nSPS) is 10.7. The molecule has 0 atom stereocenters. The largest absolute Gasteiger partial charge is 0.465 e. The number of nitrogens with one attached hydrogen (secondary N) is 1. The molecule has 0 fully saturated rings. The molecule has 3 aromatic heterocycles. The number of carbonyl (C=O) groups excluding carboxylic acids is 1. The Morgan fingerprint density at radius 2 is 2.22 bits per heavy atom. The van der Waals surface area contributed by atoms with Gasteiger partial charge in [-0.2, -0.15) is 0 Å². The summed E-state index contributed by atoms with van der Waals surface area (Å²) in [6, 6.07) is 9.44. The summed E-state index contributed by atoms with van der Waals surface area (Å²) in [5.41, 5.74) is 2.19. The minimum atomic E-state index is -0.315. The summed E-state index contributed by atoms with van der Waals surface area (Å²) < 4.78 is 7.76. The van der Waals surface area contributed by atoms with Gasteiger partial charge in [0.1, 0.15) is 23.7 Å². The zero-order chi connectivity index (χ0) is 16.2. The lowest BCUT2D eigenvalue weighted by molar-refractivity contribution is -0.140. The molecule has 118 valence electrons. The van der Waals surface area contributed by atoms with Crippen molar-refractivity contribution in [3.8, 4) is 11.4 Å². The summed E-state index contributed by atoms with van der Waals surface area (Å²) in [5, 5.41) is 3.11. The Bertz CT molecular complexity index is 833. The number of ether oxygens (including phenoxy) is 1. The van der Waals surface area contributed by atoms with Gasteiger partial charge in [-0.15, -0.1) is 0 Å². The highest BCUT2D eigenvalue weighted by Gasteiger charge is 2.16. The maximum absolute atomic E-state index is 11.6. The van der Waals surface area contributed by atoms with E-state index in [0.29, 0.717) is 18.1 Å². The molecule has 0 bridgehead atoms. The number of imidazole rings is 1. The maximum atomic E-state index is 11.6. The lowest BCUT2D eigenvalue weighted by Gasteiger charge is -2.08. The molecule has 0 aromatic carbocycles. The molecule has 3 heterocycles. The molecule has 0 radical (unpaired) electrons. The first-order valence-corrected chi connectivity index (χ1v) is 7.97. The lowest BCUT2D eigenvalue weighted by atomic mass is 10.2. The van der Waals surface area contributed by atoms with Crippen molar-refractivity contribution in [2.75, 3.05) is 18.5 Å². The Hall–Kier alpha value is -2.41. The fraction of sp³-hybridized carbons (Fsp3) is 0.188. The molecule has 7 heteroatoms. The van der Waals surface area contributed by atoms with Crippen molar-refractivity contribution in [3.05, 3.63) is 47.2 Å². The fourth-order valence-electron chi connectivity index (χ4n) is 2.24. The smallest absolute Gasteiger partial charge is 0.325 e. The van der Waals surface area contributed by atoms with Crippen molar-refractivity contribution in [3.63, 3.8) is 0 Å². The highest BCUT2D eigenvalue weighted by atomic mass is 79.9. The number of halogens is 1. The van der Waals surface area contributed by atoms with Crippen molar-refractivity contribution >= 4 is 33.4 Å². The zero-order valence-corrected chi connectivity index (χ0v) is 14.1. The van der Waals surface area contributed by atoms with Crippen LogP contribution in [-0.4, -0.2) is 33.5 Å². The van der Waals surface area contributed by atoms with E-state index >= 15 is 0 Å². The summed E-state index contributed by atoms with van der Waals surface area (Å²) in [7, 11) is 0. The molecule has 0 saturated carbocycles. The van der Waals surface area contributed by atoms with E-state index in [9.17, 15) is 4.79 Å². The maximum Gasteiger partial charge on any atom is 0.325 e. The Kier molecular flexibility index (Phi) is 4.57. The molecule has 0 unspecified atom stereocenters. The first-order chi connectivity index (χ1) is 11.2. The van der Waals surface area contributed by atoms with Crippen LogP contribution in [-0.2, 0) is 9.53 Å². The first-order valence-electron chi connectivity index (χ1n) is 7.17. The van der Waals surface area contributed by atoms with Crippen LogP contribution in [0.5, 0.6) is 0 Å². The number of rotatable bonds is 5. The van der Waals surface area contributed by atoms with Crippen molar-refractivity contribution < 1.29 is 9.53 Å². The predicted octanol–water partition coefficient (Wildman–Crippen LogP) is 3.13. The lowest BCUT2D eigenvalue weighted by Crippen LogP contribution is -2.18. The molecule has 0 amide bonds. The fourth-order valence-corrected chi connectivity index (χ4v) is 2.57. The van der Waals surface area contributed by atoms with E-state index < -0.39 is 0 Å². The number of aromatic nitrogens is 3. The van der Waals surface area contributed by atoms with E-state index in [2.05, 4.69) is 31.2 Å². The summed E-state index contributed by atoms with van der Waals surface area (Å²) in [6.07, 6.45) is 3.60. The van der Waals surface area contributed by atoms with Crippen LogP contribution < -0.4 is 5.32 Å². The number of hydrogen-bond donors (Lipinski definition) is 1. The Morgan fingerprint density at radius 1 is 1.35 bits per heavy atom. The summed E-state index contributed by atoms with van der Waals surface area (Å²) in [4.78, 5) is 20.6. The molecule has 0 saturated heterocycles. The first kappa shape index (κ1) is 15.5. The molecule has 1 N–H and O–H groups in total. The second kappa shape index (κ2) is 6.78. The summed E-state index contributed by atoms with van der Waals surface area (Å²) in [5.74, 6) is 0.387. The highest BCUT2D eigenvalue weighted by Crippen LogP contribution is 2.28. The van der Waals surface area contributed by atoms with Crippen LogP contribution in [0.2, 0.25) is 0 Å². The summed E-state index contributed by atoms with van der Waals surface area (Å²) >= 11 is 3.45. The number of nitrogens with zero attached hydrogens (tertiary/aromatic N) is 3. The molecule has 3 rings (SSSR count). The zero-order valence-electron chi connectivity index (χ0n) is 12.5. The average Bonchev–Trinajstić information content (AvgIpc) is 2.92. The number of pyridine rings is 2. The van der Waals surface area contributed by atoms with Gasteiger partial charge in [0.05, 0.1) is 12.3 Å². The number of anilines is 1. The van der Waals surface area contributed by atoms with Crippen LogP contribution in [0.3, 0.4) is 0 Å². The van der Waals surface area contributed by atoms with E-state index in [-0.39, 0.29) is 12.5 Å². The molecular weight excluding hydrogens is 360 g/mol. The van der Waals surface area contributed by atoms with Gasteiger partial charge in [0, 0.05) is 16.9 Å². The molecule has 0 aliphatic rings. The van der Waals surface area contributed by atoms with E-state index in [4.69, 9.17) is 4.74 Å². The van der Waals surface area contributed by atoms with Crippen molar-refractivity contribution in [1.29, 1.82) is 0 Å². The molecule has 23 heavy (non-hydrogen) atoms. The second-order valence-electron chi connectivity index (χ2n) is 4.76. The van der Waals surface area contributed by atoms with Gasteiger partial charge in [0.25, 0.3) is 0 Å². The second-order valence-corrected chi connectivity index (χ2v) is 5.67. The molecular formula is C16H15BrN4O2. The van der Waals surface area contributed by atoms with Crippen LogP contribution in [0.15, 0.2) is 47.2 Å². The minimum absolute atomic E-state index is 0.0635.